The minimum absolute atomic E-state index is 0.567. The monoisotopic (exact) mass is 262 g/mol. The second kappa shape index (κ2) is 9.62. The molecule has 106 valence electrons. The average molecular weight is 262 g/mol. The summed E-state index contributed by atoms with van der Waals surface area (Å²) in [5, 5.41) is 2.28. The number of hydrogen-bond acceptors (Lipinski definition) is 1. The summed E-state index contributed by atoms with van der Waals surface area (Å²) in [5.74, 6) is 1.63. The molecule has 0 aliphatic heterocycles. The van der Waals surface area contributed by atoms with Gasteiger partial charge in [0.05, 0.1) is 19.7 Å². The minimum Gasteiger partial charge on any atom is -0.493 e. The van der Waals surface area contributed by atoms with Crippen LogP contribution in [-0.4, -0.2) is 19.7 Å². The zero-order valence-electron chi connectivity index (χ0n) is 12.4. The highest BCUT2D eigenvalue weighted by atomic mass is 16.5. The van der Waals surface area contributed by atoms with Crippen LogP contribution in [0.25, 0.3) is 0 Å². The number of ether oxygens (including phenoxy) is 1. The van der Waals surface area contributed by atoms with Crippen LogP contribution in [0.2, 0.25) is 0 Å². The van der Waals surface area contributed by atoms with E-state index in [4.69, 9.17) is 4.74 Å². The summed E-state index contributed by atoms with van der Waals surface area (Å²) >= 11 is 0. The summed E-state index contributed by atoms with van der Waals surface area (Å²) in [5.41, 5.74) is 1.34. The van der Waals surface area contributed by atoms with Gasteiger partial charge in [-0.05, 0) is 42.9 Å². The van der Waals surface area contributed by atoms with Gasteiger partial charge in [-0.1, -0.05) is 38.6 Å². The molecule has 2 N–H and O–H groups in total. The van der Waals surface area contributed by atoms with Crippen molar-refractivity contribution in [2.45, 2.75) is 39.0 Å². The maximum absolute atomic E-state index is 5.93. The fourth-order valence-corrected chi connectivity index (χ4v) is 2.05. The van der Waals surface area contributed by atoms with Gasteiger partial charge in [0.1, 0.15) is 5.75 Å². The molecule has 0 amide bonds. The first-order valence-electron chi connectivity index (χ1n) is 7.43. The third-order valence-electron chi connectivity index (χ3n) is 3.46. The smallest absolute Gasteiger partial charge is 0.122 e. The molecule has 0 fully saturated rings. The Bertz CT molecular complexity index is 362. The fraction of sp³-hybridized carbons (Fsp3) is 0.529. The third-order valence-corrected chi connectivity index (χ3v) is 3.46. The van der Waals surface area contributed by atoms with Crippen molar-refractivity contribution in [3.8, 4) is 5.75 Å². The molecule has 0 aromatic heterocycles. The minimum atomic E-state index is 0.567. The van der Waals surface area contributed by atoms with Crippen LogP contribution in [-0.2, 0) is 0 Å². The number of nitrogens with two attached hydrogens (primary N) is 1. The zero-order chi connectivity index (χ0) is 13.9. The second-order valence-corrected chi connectivity index (χ2v) is 5.00. The van der Waals surface area contributed by atoms with Crippen LogP contribution in [0.5, 0.6) is 5.75 Å². The summed E-state index contributed by atoms with van der Waals surface area (Å²) < 4.78 is 5.93. The third kappa shape index (κ3) is 5.93. The Balaban J connectivity index is 2.30. The van der Waals surface area contributed by atoms with Crippen molar-refractivity contribution in [1.82, 2.24) is 0 Å². The highest BCUT2D eigenvalue weighted by Crippen LogP contribution is 2.28. The fourth-order valence-electron chi connectivity index (χ4n) is 2.05. The summed E-state index contributed by atoms with van der Waals surface area (Å²) in [6.07, 6.45) is 5.40. The molecule has 2 heteroatoms. The number of unbranched alkanes of at least 4 members (excludes halogenated alkanes) is 1. The van der Waals surface area contributed by atoms with Crippen LogP contribution in [0.3, 0.4) is 0 Å². The van der Waals surface area contributed by atoms with Gasteiger partial charge in [-0.15, -0.1) is 0 Å². The normalized spacial score (nSPS) is 12.1. The summed E-state index contributed by atoms with van der Waals surface area (Å²) in [6.45, 7) is 11.2. The number of hydrogen-bond donors (Lipinski definition) is 1. The molecule has 19 heavy (non-hydrogen) atoms. The van der Waals surface area contributed by atoms with Crippen molar-refractivity contribution >= 4 is 0 Å². The lowest BCUT2D eigenvalue weighted by atomic mass is 9.98. The quantitative estimate of drug-likeness (QED) is 0.509. The number of benzene rings is 1. The molecule has 0 saturated carbocycles. The van der Waals surface area contributed by atoms with Gasteiger partial charge in [0, 0.05) is 0 Å². The van der Waals surface area contributed by atoms with Gasteiger partial charge < -0.3 is 10.1 Å². The Morgan fingerprint density at radius 1 is 1.32 bits per heavy atom. The van der Waals surface area contributed by atoms with E-state index in [1.807, 2.05) is 6.08 Å². The van der Waals surface area contributed by atoms with E-state index in [9.17, 15) is 0 Å². The van der Waals surface area contributed by atoms with Crippen LogP contribution in [0.1, 0.15) is 44.6 Å². The van der Waals surface area contributed by atoms with Crippen molar-refractivity contribution in [3.63, 3.8) is 0 Å². The Morgan fingerprint density at radius 3 is 2.84 bits per heavy atom. The van der Waals surface area contributed by atoms with Gasteiger partial charge in [-0.3, -0.25) is 0 Å². The van der Waals surface area contributed by atoms with Crippen LogP contribution in [0.15, 0.2) is 36.9 Å². The molecule has 1 atom stereocenters. The molecule has 0 unspecified atom stereocenters. The van der Waals surface area contributed by atoms with Crippen LogP contribution >= 0.6 is 0 Å². The first kappa shape index (κ1) is 15.8. The molecule has 2 nitrogen and oxygen atoms in total. The Labute approximate surface area is 117 Å². The van der Waals surface area contributed by atoms with E-state index >= 15 is 0 Å². The van der Waals surface area contributed by atoms with Crippen molar-refractivity contribution in [1.29, 1.82) is 0 Å². The predicted octanol–water partition coefficient (Wildman–Crippen LogP) is 3.11. The molecule has 0 spiro atoms. The first-order valence-corrected chi connectivity index (χ1v) is 7.43. The van der Waals surface area contributed by atoms with Crippen molar-refractivity contribution < 1.29 is 10.1 Å². The lowest BCUT2D eigenvalue weighted by Gasteiger charge is -2.15. The molecule has 0 heterocycles. The van der Waals surface area contributed by atoms with Crippen LogP contribution in [0.4, 0.5) is 0 Å². The maximum Gasteiger partial charge on any atom is 0.122 e. The summed E-state index contributed by atoms with van der Waals surface area (Å²) in [7, 11) is 0. The van der Waals surface area contributed by atoms with Gasteiger partial charge in [0.2, 0.25) is 0 Å². The molecule has 1 aromatic carbocycles. The molecule has 0 bridgehead atoms. The Morgan fingerprint density at radius 2 is 2.11 bits per heavy atom. The van der Waals surface area contributed by atoms with Gasteiger partial charge in [0.25, 0.3) is 0 Å². The molecule has 0 radical (unpaired) electrons. The SMILES string of the molecule is C=CC[NH2+]CCCCOc1ccccc1[C@H](C)CC. The van der Waals surface area contributed by atoms with Gasteiger partial charge >= 0.3 is 0 Å². The van der Waals surface area contributed by atoms with E-state index in [0.717, 1.165) is 38.3 Å². The van der Waals surface area contributed by atoms with Gasteiger partial charge in [-0.2, -0.15) is 0 Å². The maximum atomic E-state index is 5.93. The van der Waals surface area contributed by atoms with Crippen LogP contribution in [0, 0.1) is 0 Å². The molecule has 0 saturated heterocycles. The Hall–Kier alpha value is -1.28. The molecule has 1 rings (SSSR count). The second-order valence-electron chi connectivity index (χ2n) is 5.00. The Kier molecular flexibility index (Phi) is 7.99. The van der Waals surface area contributed by atoms with E-state index in [0.29, 0.717) is 5.92 Å². The van der Waals surface area contributed by atoms with Crippen molar-refractivity contribution in [2.24, 2.45) is 0 Å². The van der Waals surface area contributed by atoms with E-state index in [2.05, 4.69) is 50.0 Å². The highest BCUT2D eigenvalue weighted by molar-refractivity contribution is 5.35. The molecule has 1 aromatic rings. The van der Waals surface area contributed by atoms with E-state index in [-0.39, 0.29) is 0 Å². The lowest BCUT2D eigenvalue weighted by molar-refractivity contribution is -0.646. The number of para-hydroxylation sites is 1. The highest BCUT2D eigenvalue weighted by Gasteiger charge is 2.08. The first-order chi connectivity index (χ1) is 9.29. The van der Waals surface area contributed by atoms with Gasteiger partial charge in [0.15, 0.2) is 0 Å². The largest absolute Gasteiger partial charge is 0.493 e. The summed E-state index contributed by atoms with van der Waals surface area (Å²) in [4.78, 5) is 0. The molecule has 0 aliphatic carbocycles. The van der Waals surface area contributed by atoms with E-state index in [1.165, 1.54) is 12.0 Å². The van der Waals surface area contributed by atoms with Crippen LogP contribution < -0.4 is 10.1 Å². The zero-order valence-corrected chi connectivity index (χ0v) is 12.4. The van der Waals surface area contributed by atoms with Crippen molar-refractivity contribution in [2.75, 3.05) is 19.7 Å². The number of rotatable bonds is 10. The van der Waals surface area contributed by atoms with E-state index in [1.54, 1.807) is 0 Å². The topological polar surface area (TPSA) is 25.8 Å². The van der Waals surface area contributed by atoms with Crippen molar-refractivity contribution in [3.05, 3.63) is 42.5 Å². The summed E-state index contributed by atoms with van der Waals surface area (Å²) in [6, 6.07) is 8.42. The molecular formula is C17H28NO+. The lowest BCUT2D eigenvalue weighted by Crippen LogP contribution is -2.83. The molecular weight excluding hydrogens is 234 g/mol. The van der Waals surface area contributed by atoms with Gasteiger partial charge in [-0.25, -0.2) is 0 Å². The van der Waals surface area contributed by atoms with E-state index < -0.39 is 0 Å². The number of quaternary nitrogens is 1. The predicted molar refractivity (Wildman–Crippen MR) is 81.7 cm³/mol. The molecule has 0 aliphatic rings. The standard InChI is InChI=1S/C17H27NO/c1-4-12-18-13-8-9-14-19-17-11-7-6-10-16(17)15(3)5-2/h4,6-7,10-11,15,18H,1,5,8-9,12-14H2,2-3H3/p+1/t15-/m1/s1. The average Bonchev–Trinajstić information content (AvgIpc) is 2.46.